The SMILES string of the molecule is Cc1ccc(CNc2nc(Nc3ccc(C(=O)NC4CCC(N5CCN(CC6CC6)CC5)CC4)cc3F)ncc2C(F)(F)F)c(N(C)S(C)(=O)=O)c1. The summed E-state index contributed by atoms with van der Waals surface area (Å²) in [4.78, 5) is 26.0. The number of halogens is 4. The number of rotatable bonds is 12. The van der Waals surface area contributed by atoms with Crippen molar-refractivity contribution in [2.45, 2.75) is 70.3 Å². The zero-order valence-corrected chi connectivity index (χ0v) is 30.5. The first kappa shape index (κ1) is 37.7. The van der Waals surface area contributed by atoms with Crippen LogP contribution in [0.2, 0.25) is 0 Å². The average molecular weight is 747 g/mol. The largest absolute Gasteiger partial charge is 0.421 e. The van der Waals surface area contributed by atoms with E-state index in [1.807, 2.05) is 0 Å². The number of nitrogens with zero attached hydrogens (tertiary/aromatic N) is 5. The molecule has 3 N–H and O–H groups in total. The number of amides is 1. The quantitative estimate of drug-likeness (QED) is 0.199. The van der Waals surface area contributed by atoms with E-state index < -0.39 is 39.3 Å². The van der Waals surface area contributed by atoms with Crippen LogP contribution in [0, 0.1) is 18.7 Å². The lowest BCUT2D eigenvalue weighted by Crippen LogP contribution is -2.52. The summed E-state index contributed by atoms with van der Waals surface area (Å²) < 4.78 is 82.5. The fraction of sp³-hybridized carbons (Fsp3) is 0.528. The average Bonchev–Trinajstić information content (AvgIpc) is 3.92. The molecule has 2 saturated carbocycles. The number of nitrogens with one attached hydrogen (secondary N) is 3. The summed E-state index contributed by atoms with van der Waals surface area (Å²) in [6.45, 7) is 7.21. The lowest BCUT2D eigenvalue weighted by Gasteiger charge is -2.42. The van der Waals surface area contributed by atoms with Crippen molar-refractivity contribution in [1.82, 2.24) is 25.1 Å². The van der Waals surface area contributed by atoms with E-state index in [1.165, 1.54) is 38.6 Å². The fourth-order valence-electron chi connectivity index (χ4n) is 6.97. The Hall–Kier alpha value is -4.02. The van der Waals surface area contributed by atoms with Crippen molar-refractivity contribution in [3.8, 4) is 0 Å². The first-order chi connectivity index (χ1) is 24.6. The molecule has 3 aliphatic rings. The van der Waals surface area contributed by atoms with E-state index in [9.17, 15) is 26.4 Å². The molecule has 0 bridgehead atoms. The number of hydrogen-bond acceptors (Lipinski definition) is 9. The minimum atomic E-state index is -4.81. The molecule has 1 saturated heterocycles. The molecule has 1 aromatic heterocycles. The van der Waals surface area contributed by atoms with Crippen molar-refractivity contribution in [3.05, 3.63) is 70.7 Å². The van der Waals surface area contributed by atoms with E-state index in [4.69, 9.17) is 0 Å². The number of anilines is 4. The van der Waals surface area contributed by atoms with E-state index >= 15 is 4.39 Å². The third-order valence-corrected chi connectivity index (χ3v) is 11.5. The molecule has 0 atom stereocenters. The number of benzene rings is 2. The molecule has 2 aromatic carbocycles. The minimum absolute atomic E-state index is 0.00463. The van der Waals surface area contributed by atoms with Crippen LogP contribution in [0.5, 0.6) is 0 Å². The molecule has 6 rings (SSSR count). The molecule has 3 fully saturated rings. The summed E-state index contributed by atoms with van der Waals surface area (Å²) in [5.74, 6) is -1.19. The number of aryl methyl sites for hydroxylation is 1. The molecule has 282 valence electrons. The Kier molecular flexibility index (Phi) is 11.3. The molecular weight excluding hydrogens is 701 g/mol. The second-order valence-corrected chi connectivity index (χ2v) is 16.3. The van der Waals surface area contributed by atoms with Crippen LogP contribution in [0.25, 0.3) is 0 Å². The maximum absolute atomic E-state index is 15.3. The molecule has 3 aromatic rings. The maximum Gasteiger partial charge on any atom is 0.421 e. The van der Waals surface area contributed by atoms with E-state index in [1.54, 1.807) is 25.1 Å². The van der Waals surface area contributed by atoms with Crippen LogP contribution >= 0.6 is 0 Å². The normalized spacial score (nSPS) is 20.4. The zero-order chi connectivity index (χ0) is 37.2. The highest BCUT2D eigenvalue weighted by Crippen LogP contribution is 2.35. The van der Waals surface area contributed by atoms with E-state index in [0.29, 0.717) is 23.5 Å². The van der Waals surface area contributed by atoms with Crippen LogP contribution in [0.15, 0.2) is 42.6 Å². The van der Waals surface area contributed by atoms with Gasteiger partial charge in [0.25, 0.3) is 5.91 Å². The van der Waals surface area contributed by atoms with Gasteiger partial charge in [-0.1, -0.05) is 12.1 Å². The predicted molar refractivity (Wildman–Crippen MR) is 193 cm³/mol. The number of hydrogen-bond donors (Lipinski definition) is 3. The number of sulfonamides is 1. The Balaban J connectivity index is 1.06. The summed E-state index contributed by atoms with van der Waals surface area (Å²) in [6, 6.07) is 9.29. The summed E-state index contributed by atoms with van der Waals surface area (Å²) in [6.07, 6.45) is 3.23. The van der Waals surface area contributed by atoms with E-state index in [2.05, 4.69) is 35.7 Å². The Morgan fingerprint density at radius 1 is 1.00 bits per heavy atom. The lowest BCUT2D eigenvalue weighted by molar-refractivity contribution is -0.137. The second kappa shape index (κ2) is 15.5. The highest BCUT2D eigenvalue weighted by Gasteiger charge is 2.36. The first-order valence-electron chi connectivity index (χ1n) is 17.7. The fourth-order valence-corrected chi connectivity index (χ4v) is 7.49. The van der Waals surface area contributed by atoms with Crippen molar-refractivity contribution in [3.63, 3.8) is 0 Å². The van der Waals surface area contributed by atoms with Gasteiger partial charge in [0.05, 0.1) is 17.6 Å². The molecule has 2 aliphatic carbocycles. The van der Waals surface area contributed by atoms with Gasteiger partial charge >= 0.3 is 6.18 Å². The number of aromatic nitrogens is 2. The maximum atomic E-state index is 15.3. The van der Waals surface area contributed by atoms with Gasteiger partial charge in [-0.25, -0.2) is 17.8 Å². The zero-order valence-electron chi connectivity index (χ0n) is 29.6. The number of piperazine rings is 1. The van der Waals surface area contributed by atoms with E-state index in [0.717, 1.165) is 80.0 Å². The van der Waals surface area contributed by atoms with Crippen LogP contribution < -0.4 is 20.3 Å². The smallest absolute Gasteiger partial charge is 0.365 e. The molecule has 1 aliphatic heterocycles. The van der Waals surface area contributed by atoms with Gasteiger partial charge in [-0.3, -0.25) is 14.0 Å². The first-order valence-corrected chi connectivity index (χ1v) is 19.5. The summed E-state index contributed by atoms with van der Waals surface area (Å²) in [5.41, 5.74) is 0.301. The Morgan fingerprint density at radius 2 is 1.71 bits per heavy atom. The van der Waals surface area contributed by atoms with Gasteiger partial charge in [0.2, 0.25) is 16.0 Å². The Bertz CT molecular complexity index is 1860. The number of carbonyl (C=O) groups is 1. The van der Waals surface area contributed by atoms with Crippen molar-refractivity contribution in [1.29, 1.82) is 0 Å². The van der Waals surface area contributed by atoms with Gasteiger partial charge in [-0.2, -0.15) is 18.2 Å². The Labute approximate surface area is 302 Å². The van der Waals surface area contributed by atoms with Gasteiger partial charge in [0, 0.05) is 70.2 Å². The molecule has 11 nitrogen and oxygen atoms in total. The molecule has 2 heterocycles. The van der Waals surface area contributed by atoms with E-state index in [-0.39, 0.29) is 29.8 Å². The molecule has 0 radical (unpaired) electrons. The molecule has 0 spiro atoms. The van der Waals surface area contributed by atoms with Gasteiger partial charge in [0.15, 0.2) is 0 Å². The van der Waals surface area contributed by atoms with Gasteiger partial charge in [-0.05, 0) is 86.8 Å². The van der Waals surface area contributed by atoms with Crippen molar-refractivity contribution in [2.24, 2.45) is 5.92 Å². The summed E-state index contributed by atoms with van der Waals surface area (Å²) in [5, 5.41) is 8.31. The monoisotopic (exact) mass is 746 g/mol. The van der Waals surface area contributed by atoms with Crippen LogP contribution in [0.4, 0.5) is 40.7 Å². The molecule has 16 heteroatoms. The highest BCUT2D eigenvalue weighted by molar-refractivity contribution is 7.92. The van der Waals surface area contributed by atoms with Crippen molar-refractivity contribution in [2.75, 3.05) is 61.0 Å². The molecule has 0 unspecified atom stereocenters. The highest BCUT2D eigenvalue weighted by atomic mass is 32.2. The van der Waals surface area contributed by atoms with Gasteiger partial charge < -0.3 is 20.9 Å². The Morgan fingerprint density at radius 3 is 2.35 bits per heavy atom. The number of alkyl halides is 3. The van der Waals surface area contributed by atoms with Crippen LogP contribution in [0.3, 0.4) is 0 Å². The molecule has 1 amide bonds. The predicted octanol–water partition coefficient (Wildman–Crippen LogP) is 5.76. The van der Waals surface area contributed by atoms with Crippen LogP contribution in [0.1, 0.15) is 65.6 Å². The number of carbonyl (C=O) groups excluding carboxylic acids is 1. The minimum Gasteiger partial charge on any atom is -0.365 e. The molecular formula is C36H46F4N8O3S. The van der Waals surface area contributed by atoms with Crippen molar-refractivity contribution >= 4 is 39.1 Å². The van der Waals surface area contributed by atoms with Gasteiger partial charge in [0.1, 0.15) is 17.2 Å². The van der Waals surface area contributed by atoms with Gasteiger partial charge in [-0.15, -0.1) is 0 Å². The topological polar surface area (TPSA) is 123 Å². The lowest BCUT2D eigenvalue weighted by atomic mass is 9.89. The third kappa shape index (κ3) is 9.50. The third-order valence-electron chi connectivity index (χ3n) is 10.3. The molecule has 52 heavy (non-hydrogen) atoms. The van der Waals surface area contributed by atoms with Crippen LogP contribution in [-0.4, -0.2) is 92.2 Å². The van der Waals surface area contributed by atoms with Crippen molar-refractivity contribution < 1.29 is 30.8 Å². The summed E-state index contributed by atoms with van der Waals surface area (Å²) in [7, 11) is -2.30. The summed E-state index contributed by atoms with van der Waals surface area (Å²) >= 11 is 0. The standard InChI is InChI=1S/C36H46F4N8O3S/c1-23-4-7-26(32(18-23)46(2)52(3,50)51)20-41-33-29(36(38,39)40)21-42-35(45-33)44-31-13-8-25(19-30(31)37)34(49)43-27-9-11-28(12-10-27)48-16-14-47(15-17-48)22-24-5-6-24/h4,7-8,13,18-19,21,24,27-28H,5-6,9-12,14-17,20,22H2,1-3H3,(H,43,49)(H2,41,42,44,45). The second-order valence-electron chi connectivity index (χ2n) is 14.2. The van der Waals surface area contributed by atoms with Crippen LogP contribution in [-0.2, 0) is 22.7 Å².